The van der Waals surface area contributed by atoms with Crippen LogP contribution in [0.15, 0.2) is 47.4 Å². The predicted molar refractivity (Wildman–Crippen MR) is 132 cm³/mol. The van der Waals surface area contributed by atoms with Crippen LogP contribution in [0, 0.1) is 0 Å². The number of anilines is 1. The number of nitrogens with one attached hydrogen (secondary N) is 2. The van der Waals surface area contributed by atoms with Crippen molar-refractivity contribution in [1.29, 1.82) is 0 Å². The molecule has 0 atom stereocenters. The van der Waals surface area contributed by atoms with Crippen molar-refractivity contribution in [1.82, 2.24) is 24.7 Å². The molecule has 0 aliphatic rings. The Morgan fingerprint density at radius 2 is 1.97 bits per heavy atom. The molecule has 0 aliphatic heterocycles. The molecule has 0 bridgehead atoms. The van der Waals surface area contributed by atoms with Crippen molar-refractivity contribution >= 4 is 22.8 Å². The molecule has 4 aromatic rings. The Bertz CT molecular complexity index is 1380. The summed E-state index contributed by atoms with van der Waals surface area (Å²) >= 11 is 0. The lowest BCUT2D eigenvalue weighted by Crippen LogP contribution is -2.15. The van der Waals surface area contributed by atoms with Crippen molar-refractivity contribution in [3.05, 3.63) is 64.2 Å². The molecule has 2 N–H and O–H groups in total. The van der Waals surface area contributed by atoms with E-state index in [1.807, 2.05) is 44.2 Å². The van der Waals surface area contributed by atoms with E-state index in [1.54, 1.807) is 17.8 Å². The number of carbonyl (C=O) groups is 1. The van der Waals surface area contributed by atoms with E-state index in [4.69, 9.17) is 14.5 Å². The topological polar surface area (TPSA) is 124 Å². The molecule has 0 aliphatic carbocycles. The Kier molecular flexibility index (Phi) is 7.39. The van der Waals surface area contributed by atoms with Crippen molar-refractivity contribution in [2.45, 2.75) is 39.7 Å². The Labute approximate surface area is 202 Å². The van der Waals surface area contributed by atoms with Crippen LogP contribution < -0.4 is 15.6 Å². The molecule has 0 saturated heterocycles. The number of aromatic nitrogens is 5. The Balaban J connectivity index is 1.66. The molecule has 1 amide bonds. The van der Waals surface area contributed by atoms with Crippen molar-refractivity contribution in [2.24, 2.45) is 7.05 Å². The number of rotatable bonds is 9. The lowest BCUT2D eigenvalue weighted by atomic mass is 10.2. The molecule has 0 unspecified atom stereocenters. The van der Waals surface area contributed by atoms with E-state index >= 15 is 0 Å². The van der Waals surface area contributed by atoms with Crippen LogP contribution in [0.1, 0.15) is 37.9 Å². The summed E-state index contributed by atoms with van der Waals surface area (Å²) < 4.78 is 12.6. The van der Waals surface area contributed by atoms with Crippen LogP contribution in [-0.4, -0.2) is 37.4 Å². The molecule has 0 fully saturated rings. The highest BCUT2D eigenvalue weighted by atomic mass is 16.5. The molecular weight excluding hydrogens is 448 g/mol. The van der Waals surface area contributed by atoms with E-state index in [0.29, 0.717) is 41.2 Å². The number of ether oxygens (including phenoxy) is 2. The molecule has 0 radical (unpaired) electrons. The van der Waals surface area contributed by atoms with Crippen LogP contribution in [0.4, 0.5) is 10.5 Å². The van der Waals surface area contributed by atoms with Gasteiger partial charge in [-0.1, -0.05) is 50.6 Å². The van der Waals surface area contributed by atoms with Gasteiger partial charge in [0.1, 0.15) is 17.9 Å². The third-order valence-electron chi connectivity index (χ3n) is 5.26. The maximum atomic E-state index is 12.9. The summed E-state index contributed by atoms with van der Waals surface area (Å²) in [5.74, 6) is 0.589. The number of aromatic amines is 1. The Morgan fingerprint density at radius 1 is 1.17 bits per heavy atom. The van der Waals surface area contributed by atoms with E-state index in [-0.39, 0.29) is 18.0 Å². The highest BCUT2D eigenvalue weighted by Gasteiger charge is 2.19. The highest BCUT2D eigenvalue weighted by molar-refractivity contribution is 5.86. The largest absolute Gasteiger partial charge is 0.477 e. The maximum Gasteiger partial charge on any atom is 0.412 e. The number of H-pyrrole nitrogens is 1. The third kappa shape index (κ3) is 5.48. The highest BCUT2D eigenvalue weighted by Crippen LogP contribution is 2.29. The van der Waals surface area contributed by atoms with Gasteiger partial charge >= 0.3 is 6.09 Å². The first-order valence-corrected chi connectivity index (χ1v) is 11.6. The number of carbonyl (C=O) groups excluding carboxylic acids is 1. The number of hydrogen-bond donors (Lipinski definition) is 2. The van der Waals surface area contributed by atoms with Crippen molar-refractivity contribution in [2.75, 3.05) is 11.9 Å². The molecule has 10 nitrogen and oxygen atoms in total. The normalized spacial score (nSPS) is 10.9. The standard InChI is InChI=1S/C25H28N6O4/c1-4-9-19-20-21(31(3)30-19)23(32)29-22(28-20)18-13-17(14-26-24(18)34-12-5-2)27-25(33)35-15-16-10-7-6-8-11-16/h6-8,10-11,13-14H,4-5,9,12,15H2,1-3H3,(H,27,33)(H,28,29,32). The van der Waals surface area contributed by atoms with Gasteiger partial charge in [-0.25, -0.2) is 14.8 Å². The van der Waals surface area contributed by atoms with Crippen molar-refractivity contribution in [3.63, 3.8) is 0 Å². The van der Waals surface area contributed by atoms with Crippen LogP contribution in [-0.2, 0) is 24.8 Å². The lowest BCUT2D eigenvalue weighted by molar-refractivity contribution is 0.155. The fourth-order valence-electron chi connectivity index (χ4n) is 3.66. The number of aryl methyl sites for hydroxylation is 2. The summed E-state index contributed by atoms with van der Waals surface area (Å²) in [7, 11) is 1.72. The maximum absolute atomic E-state index is 12.9. The average molecular weight is 477 g/mol. The second-order valence-electron chi connectivity index (χ2n) is 8.04. The second kappa shape index (κ2) is 10.8. The molecule has 3 aromatic heterocycles. The third-order valence-corrected chi connectivity index (χ3v) is 5.26. The van der Waals surface area contributed by atoms with Crippen LogP contribution in [0.5, 0.6) is 5.88 Å². The van der Waals surface area contributed by atoms with E-state index in [0.717, 1.165) is 24.1 Å². The number of fused-ring (bicyclic) bond motifs is 1. The van der Waals surface area contributed by atoms with Gasteiger partial charge in [0.15, 0.2) is 5.52 Å². The molecule has 4 rings (SSSR count). The minimum absolute atomic E-state index is 0.136. The van der Waals surface area contributed by atoms with E-state index in [9.17, 15) is 9.59 Å². The van der Waals surface area contributed by atoms with Gasteiger partial charge in [0.2, 0.25) is 5.88 Å². The van der Waals surface area contributed by atoms with Crippen LogP contribution in [0.25, 0.3) is 22.4 Å². The SMILES string of the molecule is CCCOc1ncc(NC(=O)OCc2ccccc2)cc1-c1nc2c(CCC)nn(C)c2c(=O)[nH]1. The number of hydrogen-bond acceptors (Lipinski definition) is 7. The lowest BCUT2D eigenvalue weighted by Gasteiger charge is -2.12. The summed E-state index contributed by atoms with van der Waals surface area (Å²) in [4.78, 5) is 37.2. The average Bonchev–Trinajstić information content (AvgIpc) is 3.18. The molecule has 3 heterocycles. The molecular formula is C25H28N6O4. The van der Waals surface area contributed by atoms with Gasteiger partial charge in [-0.15, -0.1) is 0 Å². The van der Waals surface area contributed by atoms with Crippen molar-refractivity contribution < 1.29 is 14.3 Å². The van der Waals surface area contributed by atoms with Gasteiger partial charge in [-0.3, -0.25) is 14.8 Å². The first-order chi connectivity index (χ1) is 17.0. The van der Waals surface area contributed by atoms with E-state index < -0.39 is 6.09 Å². The van der Waals surface area contributed by atoms with Gasteiger partial charge < -0.3 is 14.5 Å². The summed E-state index contributed by atoms with van der Waals surface area (Å²) in [6.45, 7) is 4.60. The van der Waals surface area contributed by atoms with Crippen LogP contribution in [0.2, 0.25) is 0 Å². The molecule has 0 saturated carbocycles. The quantitative estimate of drug-likeness (QED) is 0.371. The Hall–Kier alpha value is -4.21. The number of pyridine rings is 1. The smallest absolute Gasteiger partial charge is 0.412 e. The molecule has 35 heavy (non-hydrogen) atoms. The van der Waals surface area contributed by atoms with Crippen molar-refractivity contribution in [3.8, 4) is 17.3 Å². The molecule has 0 spiro atoms. The number of nitrogens with zero attached hydrogens (tertiary/aromatic N) is 4. The van der Waals surface area contributed by atoms with Gasteiger partial charge in [-0.05, 0) is 24.5 Å². The van der Waals surface area contributed by atoms with E-state index in [2.05, 4.69) is 20.4 Å². The summed E-state index contributed by atoms with van der Waals surface area (Å²) in [6.07, 6.45) is 3.19. The molecule has 1 aromatic carbocycles. The summed E-state index contributed by atoms with van der Waals surface area (Å²) in [5.41, 5.74) is 3.08. The zero-order valence-corrected chi connectivity index (χ0v) is 20.0. The molecule has 182 valence electrons. The predicted octanol–water partition coefficient (Wildman–Crippen LogP) is 4.21. The zero-order valence-electron chi connectivity index (χ0n) is 20.0. The number of amides is 1. The van der Waals surface area contributed by atoms with E-state index in [1.165, 1.54) is 6.20 Å². The Morgan fingerprint density at radius 3 is 2.71 bits per heavy atom. The van der Waals surface area contributed by atoms with Crippen LogP contribution >= 0.6 is 0 Å². The minimum atomic E-state index is -0.627. The zero-order chi connectivity index (χ0) is 24.8. The monoisotopic (exact) mass is 476 g/mol. The van der Waals surface area contributed by atoms with Gasteiger partial charge in [0, 0.05) is 7.05 Å². The fourth-order valence-corrected chi connectivity index (χ4v) is 3.66. The minimum Gasteiger partial charge on any atom is -0.477 e. The second-order valence-corrected chi connectivity index (χ2v) is 8.04. The van der Waals surface area contributed by atoms with Crippen LogP contribution in [0.3, 0.4) is 0 Å². The fraction of sp³-hybridized carbons (Fsp3) is 0.320. The van der Waals surface area contributed by atoms with Gasteiger partial charge in [0.25, 0.3) is 5.56 Å². The first-order valence-electron chi connectivity index (χ1n) is 11.6. The first kappa shape index (κ1) is 23.9. The number of benzene rings is 1. The van der Waals surface area contributed by atoms with Gasteiger partial charge in [-0.2, -0.15) is 5.10 Å². The molecule has 10 heteroatoms. The summed E-state index contributed by atoms with van der Waals surface area (Å²) in [5, 5.41) is 7.14. The summed E-state index contributed by atoms with van der Waals surface area (Å²) in [6, 6.07) is 11.0. The van der Waals surface area contributed by atoms with Gasteiger partial charge in [0.05, 0.1) is 29.7 Å².